The standard InChI is InChI=1S/C10H21ClN2O2S/c1-9-5-4-6-13(8-9)16(14,15)12(3)10(2)7-11/h9-10H,4-8H2,1-3H3. The molecular formula is C10H21ClN2O2S. The van der Waals surface area contributed by atoms with Crippen molar-refractivity contribution in [3.8, 4) is 0 Å². The van der Waals surface area contributed by atoms with Crippen LogP contribution < -0.4 is 0 Å². The highest BCUT2D eigenvalue weighted by Gasteiger charge is 2.32. The van der Waals surface area contributed by atoms with Gasteiger partial charge in [-0.2, -0.15) is 17.0 Å². The Morgan fingerprint density at radius 3 is 2.69 bits per heavy atom. The van der Waals surface area contributed by atoms with Crippen LogP contribution in [0.3, 0.4) is 0 Å². The molecule has 16 heavy (non-hydrogen) atoms. The number of piperidine rings is 1. The number of hydrogen-bond acceptors (Lipinski definition) is 2. The lowest BCUT2D eigenvalue weighted by Gasteiger charge is -2.34. The predicted octanol–water partition coefficient (Wildman–Crippen LogP) is 1.52. The Hall–Kier alpha value is 0.160. The van der Waals surface area contributed by atoms with Crippen molar-refractivity contribution in [3.05, 3.63) is 0 Å². The van der Waals surface area contributed by atoms with Gasteiger partial charge in [-0.3, -0.25) is 0 Å². The monoisotopic (exact) mass is 268 g/mol. The fourth-order valence-corrected chi connectivity index (χ4v) is 3.85. The number of halogens is 1. The normalized spacial score (nSPS) is 25.9. The van der Waals surface area contributed by atoms with E-state index in [-0.39, 0.29) is 6.04 Å². The summed E-state index contributed by atoms with van der Waals surface area (Å²) in [4.78, 5) is 0. The van der Waals surface area contributed by atoms with Crippen molar-refractivity contribution >= 4 is 21.8 Å². The summed E-state index contributed by atoms with van der Waals surface area (Å²) in [6.07, 6.45) is 2.06. The summed E-state index contributed by atoms with van der Waals surface area (Å²) in [5, 5.41) is 0. The lowest BCUT2D eigenvalue weighted by atomic mass is 10.0. The number of nitrogens with zero attached hydrogens (tertiary/aromatic N) is 2. The molecule has 0 radical (unpaired) electrons. The van der Waals surface area contributed by atoms with Crippen LogP contribution in [0.15, 0.2) is 0 Å². The van der Waals surface area contributed by atoms with Crippen LogP contribution in [0.2, 0.25) is 0 Å². The molecule has 6 heteroatoms. The molecule has 0 bridgehead atoms. The van der Waals surface area contributed by atoms with Gasteiger partial charge in [-0.1, -0.05) is 6.92 Å². The molecule has 0 saturated carbocycles. The minimum atomic E-state index is -3.32. The second kappa shape index (κ2) is 5.67. The summed E-state index contributed by atoms with van der Waals surface area (Å²) < 4.78 is 27.4. The Balaban J connectivity index is 2.76. The summed E-state index contributed by atoms with van der Waals surface area (Å²) >= 11 is 5.70. The summed E-state index contributed by atoms with van der Waals surface area (Å²) in [6.45, 7) is 5.16. The second-order valence-electron chi connectivity index (χ2n) is 4.63. The van der Waals surface area contributed by atoms with E-state index in [1.165, 1.54) is 4.31 Å². The highest BCUT2D eigenvalue weighted by molar-refractivity contribution is 7.86. The van der Waals surface area contributed by atoms with E-state index < -0.39 is 10.2 Å². The molecule has 0 amide bonds. The Labute approximate surface area is 104 Å². The molecule has 1 aliphatic heterocycles. The van der Waals surface area contributed by atoms with Crippen molar-refractivity contribution in [2.75, 3.05) is 26.0 Å². The van der Waals surface area contributed by atoms with Gasteiger partial charge in [0.2, 0.25) is 0 Å². The smallest absolute Gasteiger partial charge is 0.195 e. The van der Waals surface area contributed by atoms with Gasteiger partial charge in [0.1, 0.15) is 0 Å². The maximum absolute atomic E-state index is 12.2. The molecule has 0 aromatic heterocycles. The SMILES string of the molecule is CC1CCCN(S(=O)(=O)N(C)C(C)CCl)C1. The Morgan fingerprint density at radius 1 is 1.56 bits per heavy atom. The van der Waals surface area contributed by atoms with Crippen molar-refractivity contribution in [2.24, 2.45) is 5.92 Å². The molecule has 2 unspecified atom stereocenters. The predicted molar refractivity (Wildman–Crippen MR) is 66.8 cm³/mol. The van der Waals surface area contributed by atoms with Crippen molar-refractivity contribution in [1.29, 1.82) is 0 Å². The molecule has 1 rings (SSSR count). The van der Waals surface area contributed by atoms with Crippen molar-refractivity contribution < 1.29 is 8.42 Å². The van der Waals surface area contributed by atoms with Crippen LogP contribution >= 0.6 is 11.6 Å². The van der Waals surface area contributed by atoms with Gasteiger partial charge < -0.3 is 0 Å². The van der Waals surface area contributed by atoms with Gasteiger partial charge in [-0.05, 0) is 25.7 Å². The third-order valence-corrected chi connectivity index (χ3v) is 5.67. The molecule has 0 aliphatic carbocycles. The fourth-order valence-electron chi connectivity index (χ4n) is 1.86. The van der Waals surface area contributed by atoms with Crippen molar-refractivity contribution in [1.82, 2.24) is 8.61 Å². The third kappa shape index (κ3) is 3.09. The van der Waals surface area contributed by atoms with E-state index >= 15 is 0 Å². The van der Waals surface area contributed by atoms with E-state index in [4.69, 9.17) is 11.6 Å². The van der Waals surface area contributed by atoms with Gasteiger partial charge in [0, 0.05) is 32.1 Å². The van der Waals surface area contributed by atoms with Crippen LogP contribution in [0.25, 0.3) is 0 Å². The molecule has 1 saturated heterocycles. The zero-order chi connectivity index (χ0) is 12.3. The van der Waals surface area contributed by atoms with Gasteiger partial charge in [-0.25, -0.2) is 0 Å². The second-order valence-corrected chi connectivity index (χ2v) is 6.93. The molecule has 0 N–H and O–H groups in total. The van der Waals surface area contributed by atoms with E-state index in [0.717, 1.165) is 12.8 Å². The zero-order valence-electron chi connectivity index (χ0n) is 10.2. The van der Waals surface area contributed by atoms with Gasteiger partial charge in [0.15, 0.2) is 0 Å². The van der Waals surface area contributed by atoms with Crippen LogP contribution in [0.5, 0.6) is 0 Å². The van der Waals surface area contributed by atoms with Crippen LogP contribution in [0.4, 0.5) is 0 Å². The highest BCUT2D eigenvalue weighted by atomic mass is 35.5. The summed E-state index contributed by atoms with van der Waals surface area (Å²) in [5.74, 6) is 0.766. The van der Waals surface area contributed by atoms with Crippen molar-refractivity contribution in [3.63, 3.8) is 0 Å². The van der Waals surface area contributed by atoms with Crippen molar-refractivity contribution in [2.45, 2.75) is 32.7 Å². The van der Waals surface area contributed by atoms with E-state index in [1.54, 1.807) is 11.4 Å². The molecular weight excluding hydrogens is 248 g/mol. The minimum Gasteiger partial charge on any atom is -0.195 e. The number of alkyl halides is 1. The first-order chi connectivity index (χ1) is 7.39. The molecule has 4 nitrogen and oxygen atoms in total. The van der Waals surface area contributed by atoms with Crippen LogP contribution in [-0.2, 0) is 10.2 Å². The number of rotatable bonds is 4. The molecule has 0 spiro atoms. The molecule has 0 aromatic carbocycles. The fraction of sp³-hybridized carbons (Fsp3) is 1.00. The topological polar surface area (TPSA) is 40.6 Å². The van der Waals surface area contributed by atoms with E-state index in [2.05, 4.69) is 6.92 Å². The van der Waals surface area contributed by atoms with Crippen LogP contribution in [0, 0.1) is 5.92 Å². The van der Waals surface area contributed by atoms with Gasteiger partial charge in [0.05, 0.1) is 0 Å². The maximum Gasteiger partial charge on any atom is 0.282 e. The summed E-state index contributed by atoms with van der Waals surface area (Å²) in [5.41, 5.74) is 0. The summed E-state index contributed by atoms with van der Waals surface area (Å²) in [7, 11) is -1.73. The van der Waals surface area contributed by atoms with Gasteiger partial charge >= 0.3 is 0 Å². The first-order valence-electron chi connectivity index (χ1n) is 5.68. The largest absolute Gasteiger partial charge is 0.282 e. The highest BCUT2D eigenvalue weighted by Crippen LogP contribution is 2.21. The quantitative estimate of drug-likeness (QED) is 0.726. The summed E-state index contributed by atoms with van der Waals surface area (Å²) in [6, 6.07) is -0.163. The molecule has 1 aliphatic rings. The maximum atomic E-state index is 12.2. The van der Waals surface area contributed by atoms with E-state index in [9.17, 15) is 8.42 Å². The minimum absolute atomic E-state index is 0.163. The number of hydrogen-bond donors (Lipinski definition) is 0. The Bertz CT molecular complexity index is 321. The van der Waals surface area contributed by atoms with Crippen LogP contribution in [0.1, 0.15) is 26.7 Å². The molecule has 0 aromatic rings. The zero-order valence-corrected chi connectivity index (χ0v) is 11.8. The Morgan fingerprint density at radius 2 is 2.19 bits per heavy atom. The first kappa shape index (κ1) is 14.2. The molecule has 1 fully saturated rings. The first-order valence-corrected chi connectivity index (χ1v) is 7.61. The average Bonchev–Trinajstić information content (AvgIpc) is 2.27. The van der Waals surface area contributed by atoms with E-state index in [0.29, 0.717) is 24.9 Å². The molecule has 96 valence electrons. The van der Waals surface area contributed by atoms with E-state index in [1.807, 2.05) is 6.92 Å². The lowest BCUT2D eigenvalue weighted by Crippen LogP contribution is -2.49. The Kier molecular flexibility index (Phi) is 5.04. The molecule has 2 atom stereocenters. The van der Waals surface area contributed by atoms with Gasteiger partial charge in [-0.15, -0.1) is 11.6 Å². The lowest BCUT2D eigenvalue weighted by molar-refractivity contribution is 0.257. The third-order valence-electron chi connectivity index (χ3n) is 3.15. The van der Waals surface area contributed by atoms with Crippen LogP contribution in [-0.4, -0.2) is 49.1 Å². The van der Waals surface area contributed by atoms with Gasteiger partial charge in [0.25, 0.3) is 10.2 Å². The molecule has 1 heterocycles. The average molecular weight is 269 g/mol.